The first kappa shape index (κ1) is 18.2. The highest BCUT2D eigenvalue weighted by Gasteiger charge is 2.40. The van der Waals surface area contributed by atoms with Crippen LogP contribution in [0.1, 0.15) is 5.56 Å². The molecule has 21 heavy (non-hydrogen) atoms. The van der Waals surface area contributed by atoms with E-state index in [1.807, 2.05) is 19.1 Å². The molecule has 1 atom stereocenters. The van der Waals surface area contributed by atoms with E-state index in [2.05, 4.69) is 21.2 Å². The van der Waals surface area contributed by atoms with E-state index in [-0.39, 0.29) is 13.2 Å². The average Bonchev–Trinajstić information content (AvgIpc) is 2.37. The van der Waals surface area contributed by atoms with Crippen LogP contribution in [0.25, 0.3) is 0 Å². The monoisotopic (exact) mass is 373 g/mol. The van der Waals surface area contributed by atoms with E-state index >= 15 is 0 Å². The molecule has 0 bridgehead atoms. The van der Waals surface area contributed by atoms with E-state index in [9.17, 15) is 22.7 Å². The van der Waals surface area contributed by atoms with Crippen LogP contribution in [0.3, 0.4) is 0 Å². The molecule has 0 aliphatic rings. The predicted octanol–water partition coefficient (Wildman–Crippen LogP) is 2.99. The zero-order chi connectivity index (χ0) is 16.0. The number of aliphatic hydroxyl groups excluding tert-OH is 1. The van der Waals surface area contributed by atoms with E-state index in [0.29, 0.717) is 10.2 Å². The second kappa shape index (κ2) is 7.95. The summed E-state index contributed by atoms with van der Waals surface area (Å²) >= 11 is 3.29. The summed E-state index contributed by atoms with van der Waals surface area (Å²) < 4.78 is 55.0. The summed E-state index contributed by atoms with van der Waals surface area (Å²) in [6.07, 6.45) is -4.83. The van der Waals surface area contributed by atoms with Crippen LogP contribution >= 0.6 is 15.9 Å². The smallest absolute Gasteiger partial charge is 0.319 e. The Morgan fingerprint density at radius 3 is 2.62 bits per heavy atom. The summed E-state index contributed by atoms with van der Waals surface area (Å²) in [5, 5.41) is 11.7. The van der Waals surface area contributed by atoms with Crippen LogP contribution in [0.4, 0.5) is 17.6 Å². The molecule has 0 aliphatic heterocycles. The van der Waals surface area contributed by atoms with Gasteiger partial charge in [-0.2, -0.15) is 8.78 Å². The first-order valence-electron chi connectivity index (χ1n) is 6.16. The number of ether oxygens (including phenoxy) is 1. The third-order valence-corrected chi connectivity index (χ3v) is 3.20. The molecular weight excluding hydrogens is 358 g/mol. The Morgan fingerprint density at radius 2 is 2.05 bits per heavy atom. The number of hydrogen-bond acceptors (Lipinski definition) is 3. The minimum absolute atomic E-state index is 0.144. The Balaban J connectivity index is 2.33. The number of halogens is 5. The molecule has 2 N–H and O–H groups in total. The molecule has 1 unspecified atom stereocenters. The number of hydrogen-bond donors (Lipinski definition) is 2. The predicted molar refractivity (Wildman–Crippen MR) is 74.2 cm³/mol. The normalized spacial score (nSPS) is 13.5. The molecule has 0 fully saturated rings. The van der Waals surface area contributed by atoms with Crippen molar-refractivity contribution in [2.24, 2.45) is 0 Å². The van der Waals surface area contributed by atoms with Crippen LogP contribution in [0.5, 0.6) is 5.75 Å². The van der Waals surface area contributed by atoms with Gasteiger partial charge < -0.3 is 15.2 Å². The molecular formula is C13H16BrF4NO2. The number of nitrogens with one attached hydrogen (secondary N) is 1. The van der Waals surface area contributed by atoms with Gasteiger partial charge in [0.05, 0.1) is 11.0 Å². The highest BCUT2D eigenvalue weighted by atomic mass is 79.9. The van der Waals surface area contributed by atoms with E-state index in [0.717, 1.165) is 5.56 Å². The van der Waals surface area contributed by atoms with Gasteiger partial charge >= 0.3 is 12.3 Å². The van der Waals surface area contributed by atoms with Crippen molar-refractivity contribution < 1.29 is 27.4 Å². The van der Waals surface area contributed by atoms with Crippen LogP contribution < -0.4 is 10.1 Å². The Bertz CT molecular complexity index is 460. The summed E-state index contributed by atoms with van der Waals surface area (Å²) in [6, 6.07) is 5.33. The lowest BCUT2D eigenvalue weighted by Gasteiger charge is -2.18. The largest absolute Gasteiger partial charge is 0.490 e. The van der Waals surface area contributed by atoms with Gasteiger partial charge in [0.25, 0.3) is 0 Å². The zero-order valence-electron chi connectivity index (χ0n) is 11.3. The molecule has 0 spiro atoms. The maximum Gasteiger partial charge on any atom is 0.319 e. The summed E-state index contributed by atoms with van der Waals surface area (Å²) in [6.45, 7) is 0.285. The topological polar surface area (TPSA) is 41.5 Å². The third-order valence-electron chi connectivity index (χ3n) is 2.58. The number of aryl methyl sites for hydroxylation is 1. The molecule has 120 valence electrons. The minimum atomic E-state index is -4.11. The van der Waals surface area contributed by atoms with E-state index in [4.69, 9.17) is 4.74 Å². The fourth-order valence-corrected chi connectivity index (χ4v) is 2.06. The van der Waals surface area contributed by atoms with E-state index < -0.39 is 25.0 Å². The number of rotatable bonds is 8. The molecule has 1 aromatic rings. The summed E-state index contributed by atoms with van der Waals surface area (Å²) in [4.78, 5) is 0. The van der Waals surface area contributed by atoms with Crippen molar-refractivity contribution in [1.82, 2.24) is 5.32 Å². The van der Waals surface area contributed by atoms with Gasteiger partial charge in [0.15, 0.2) is 0 Å². The van der Waals surface area contributed by atoms with Crippen molar-refractivity contribution >= 4 is 15.9 Å². The van der Waals surface area contributed by atoms with Gasteiger partial charge in [0, 0.05) is 6.54 Å². The van der Waals surface area contributed by atoms with Crippen LogP contribution in [0.15, 0.2) is 22.7 Å². The van der Waals surface area contributed by atoms with Crippen LogP contribution in [-0.2, 0) is 0 Å². The summed E-state index contributed by atoms with van der Waals surface area (Å²) in [5.41, 5.74) is 1.02. The summed E-state index contributed by atoms with van der Waals surface area (Å²) in [7, 11) is 0. The molecule has 0 aromatic heterocycles. The molecule has 0 saturated heterocycles. The summed E-state index contributed by atoms with van der Waals surface area (Å²) in [5.74, 6) is -3.61. The maximum atomic E-state index is 12.6. The molecule has 1 aromatic carbocycles. The van der Waals surface area contributed by atoms with Crippen molar-refractivity contribution in [2.45, 2.75) is 25.4 Å². The second-order valence-corrected chi connectivity index (χ2v) is 5.45. The van der Waals surface area contributed by atoms with Gasteiger partial charge in [-0.1, -0.05) is 6.07 Å². The maximum absolute atomic E-state index is 12.6. The Labute approximate surface area is 128 Å². The van der Waals surface area contributed by atoms with Crippen molar-refractivity contribution in [3.8, 4) is 5.75 Å². The molecule has 0 radical (unpaired) electrons. The third kappa shape index (κ3) is 6.19. The second-order valence-electron chi connectivity index (χ2n) is 4.59. The van der Waals surface area contributed by atoms with Crippen molar-refractivity contribution in [3.05, 3.63) is 28.2 Å². The van der Waals surface area contributed by atoms with Crippen LogP contribution in [0.2, 0.25) is 0 Å². The zero-order valence-corrected chi connectivity index (χ0v) is 12.8. The van der Waals surface area contributed by atoms with E-state index in [1.165, 1.54) is 0 Å². The van der Waals surface area contributed by atoms with Crippen molar-refractivity contribution in [3.63, 3.8) is 0 Å². The van der Waals surface area contributed by atoms with Crippen molar-refractivity contribution in [2.75, 3.05) is 19.7 Å². The van der Waals surface area contributed by atoms with E-state index in [1.54, 1.807) is 6.07 Å². The minimum Gasteiger partial charge on any atom is -0.490 e. The van der Waals surface area contributed by atoms with Gasteiger partial charge in [-0.25, -0.2) is 8.78 Å². The lowest BCUT2D eigenvalue weighted by molar-refractivity contribution is -0.125. The lowest BCUT2D eigenvalue weighted by Crippen LogP contribution is -2.42. The molecule has 0 saturated carbocycles. The quantitative estimate of drug-likeness (QED) is 0.688. The van der Waals surface area contributed by atoms with Crippen LogP contribution in [-0.4, -0.2) is 43.3 Å². The van der Waals surface area contributed by atoms with Gasteiger partial charge in [-0.3, -0.25) is 0 Å². The number of aliphatic hydroxyl groups is 1. The lowest BCUT2D eigenvalue weighted by atomic mass is 10.2. The van der Waals surface area contributed by atoms with Gasteiger partial charge in [-0.05, 0) is 40.5 Å². The molecule has 1 rings (SSSR count). The number of benzene rings is 1. The first-order chi connectivity index (χ1) is 9.72. The Hall–Kier alpha value is -0.860. The van der Waals surface area contributed by atoms with Gasteiger partial charge in [-0.15, -0.1) is 0 Å². The van der Waals surface area contributed by atoms with Gasteiger partial charge in [0.2, 0.25) is 0 Å². The highest BCUT2D eigenvalue weighted by molar-refractivity contribution is 9.10. The Kier molecular flexibility index (Phi) is 6.89. The van der Waals surface area contributed by atoms with Gasteiger partial charge in [0.1, 0.15) is 18.5 Å². The SMILES string of the molecule is Cc1ccc(OCC(O)CNCC(F)(F)C(F)F)c(Br)c1. The molecule has 0 heterocycles. The number of alkyl halides is 4. The fraction of sp³-hybridized carbons (Fsp3) is 0.538. The molecule has 8 heteroatoms. The first-order valence-corrected chi connectivity index (χ1v) is 6.95. The average molecular weight is 374 g/mol. The Morgan fingerprint density at radius 1 is 1.38 bits per heavy atom. The standard InChI is InChI=1S/C13H16BrF4NO2/c1-8-2-3-11(10(14)4-8)21-6-9(20)5-19-7-13(17,18)12(15)16/h2-4,9,12,19-20H,5-7H2,1H3. The van der Waals surface area contributed by atoms with Crippen molar-refractivity contribution in [1.29, 1.82) is 0 Å². The fourth-order valence-electron chi connectivity index (χ4n) is 1.45. The molecule has 0 amide bonds. The highest BCUT2D eigenvalue weighted by Crippen LogP contribution is 2.25. The van der Waals surface area contributed by atoms with Crippen LogP contribution in [0, 0.1) is 6.92 Å². The molecule has 0 aliphatic carbocycles. The molecule has 3 nitrogen and oxygen atoms in total.